The highest BCUT2D eigenvalue weighted by atomic mass is 19.2. The molecule has 0 bridgehead atoms. The second kappa shape index (κ2) is 5.00. The van der Waals surface area contributed by atoms with Crippen molar-refractivity contribution in [3.63, 3.8) is 0 Å². The molecule has 0 aliphatic carbocycles. The molecule has 1 aromatic rings. The van der Waals surface area contributed by atoms with Crippen LogP contribution in [-0.4, -0.2) is 26.7 Å². The molecule has 1 heterocycles. The van der Waals surface area contributed by atoms with Gasteiger partial charge in [0.15, 0.2) is 11.6 Å². The lowest BCUT2D eigenvalue weighted by Crippen LogP contribution is -2.25. The van der Waals surface area contributed by atoms with Crippen LogP contribution in [0.4, 0.5) is 14.5 Å². The van der Waals surface area contributed by atoms with E-state index in [-0.39, 0.29) is 0 Å². The molecule has 2 rings (SSSR count). The van der Waals surface area contributed by atoms with E-state index in [4.69, 9.17) is 0 Å². The zero-order valence-electron chi connectivity index (χ0n) is 10.3. The van der Waals surface area contributed by atoms with Gasteiger partial charge in [-0.2, -0.15) is 0 Å². The van der Waals surface area contributed by atoms with Gasteiger partial charge in [0.25, 0.3) is 0 Å². The molecule has 2 nitrogen and oxygen atoms in total. The smallest absolute Gasteiger partial charge is 0.182 e. The van der Waals surface area contributed by atoms with Crippen LogP contribution in [0, 0.1) is 11.6 Å². The topological polar surface area (TPSA) is 15.3 Å². The molecule has 1 saturated heterocycles. The molecule has 0 saturated carbocycles. The van der Waals surface area contributed by atoms with Crippen molar-refractivity contribution in [1.29, 1.82) is 0 Å². The van der Waals surface area contributed by atoms with Gasteiger partial charge >= 0.3 is 0 Å². The first kappa shape index (κ1) is 12.3. The molecular weight excluding hydrogens is 222 g/mol. The predicted octanol–water partition coefficient (Wildman–Crippen LogP) is 2.33. The SMILES string of the molecule is CN(C)c1c(CC2CCCN2)ccc(F)c1F. The van der Waals surface area contributed by atoms with Gasteiger partial charge in [-0.15, -0.1) is 0 Å². The molecule has 0 amide bonds. The lowest BCUT2D eigenvalue weighted by atomic mass is 10.0. The van der Waals surface area contributed by atoms with Gasteiger partial charge in [-0.3, -0.25) is 0 Å². The molecule has 4 heteroatoms. The highest BCUT2D eigenvalue weighted by molar-refractivity contribution is 5.54. The third-order valence-electron chi connectivity index (χ3n) is 3.23. The van der Waals surface area contributed by atoms with E-state index in [0.29, 0.717) is 11.7 Å². The first-order valence-electron chi connectivity index (χ1n) is 5.97. The maximum atomic E-state index is 13.7. The van der Waals surface area contributed by atoms with Crippen molar-refractivity contribution in [2.45, 2.75) is 25.3 Å². The zero-order chi connectivity index (χ0) is 12.4. The van der Waals surface area contributed by atoms with Crippen molar-refractivity contribution in [2.75, 3.05) is 25.5 Å². The molecular formula is C13H18F2N2. The zero-order valence-corrected chi connectivity index (χ0v) is 10.3. The fourth-order valence-electron chi connectivity index (χ4n) is 2.42. The van der Waals surface area contributed by atoms with Crippen molar-refractivity contribution in [1.82, 2.24) is 5.32 Å². The number of nitrogens with one attached hydrogen (secondary N) is 1. The third-order valence-corrected chi connectivity index (χ3v) is 3.23. The number of benzene rings is 1. The fourth-order valence-corrected chi connectivity index (χ4v) is 2.42. The van der Waals surface area contributed by atoms with Crippen LogP contribution in [0.5, 0.6) is 0 Å². The van der Waals surface area contributed by atoms with Gasteiger partial charge in [0, 0.05) is 20.1 Å². The first-order chi connectivity index (χ1) is 8.09. The van der Waals surface area contributed by atoms with Gasteiger partial charge in [-0.25, -0.2) is 8.78 Å². The van der Waals surface area contributed by atoms with Crippen LogP contribution >= 0.6 is 0 Å². The summed E-state index contributed by atoms with van der Waals surface area (Å²) >= 11 is 0. The normalized spacial score (nSPS) is 19.6. The largest absolute Gasteiger partial charge is 0.375 e. The summed E-state index contributed by atoms with van der Waals surface area (Å²) in [4.78, 5) is 1.64. The summed E-state index contributed by atoms with van der Waals surface area (Å²) in [6.07, 6.45) is 3.02. The molecule has 1 fully saturated rings. The molecule has 1 N–H and O–H groups in total. The number of hydrogen-bond acceptors (Lipinski definition) is 2. The third kappa shape index (κ3) is 2.57. The van der Waals surface area contributed by atoms with Crippen molar-refractivity contribution < 1.29 is 8.78 Å². The van der Waals surface area contributed by atoms with E-state index in [1.54, 1.807) is 25.1 Å². The summed E-state index contributed by atoms with van der Waals surface area (Å²) in [5.41, 5.74) is 1.24. The summed E-state index contributed by atoms with van der Waals surface area (Å²) < 4.78 is 27.0. The Balaban J connectivity index is 2.28. The Labute approximate surface area is 101 Å². The minimum Gasteiger partial charge on any atom is -0.375 e. The van der Waals surface area contributed by atoms with Gasteiger partial charge in [0.05, 0.1) is 5.69 Å². The highest BCUT2D eigenvalue weighted by Gasteiger charge is 2.20. The molecule has 17 heavy (non-hydrogen) atoms. The van der Waals surface area contributed by atoms with Crippen molar-refractivity contribution in [3.8, 4) is 0 Å². The molecule has 0 spiro atoms. The van der Waals surface area contributed by atoms with Gasteiger partial charge in [0.2, 0.25) is 0 Å². The Hall–Kier alpha value is -1.16. The molecule has 1 atom stereocenters. The van der Waals surface area contributed by atoms with E-state index in [1.165, 1.54) is 6.07 Å². The molecule has 0 aromatic heterocycles. The highest BCUT2D eigenvalue weighted by Crippen LogP contribution is 2.27. The Bertz CT molecular complexity index is 399. The molecule has 1 aliphatic heterocycles. The van der Waals surface area contributed by atoms with Crippen molar-refractivity contribution in [2.24, 2.45) is 0 Å². The van der Waals surface area contributed by atoms with Crippen LogP contribution in [0.15, 0.2) is 12.1 Å². The Kier molecular flexibility index (Phi) is 3.62. The van der Waals surface area contributed by atoms with Gasteiger partial charge in [-0.05, 0) is 37.4 Å². The van der Waals surface area contributed by atoms with E-state index in [9.17, 15) is 8.78 Å². The second-order valence-electron chi connectivity index (χ2n) is 4.76. The maximum absolute atomic E-state index is 13.7. The Morgan fingerprint density at radius 3 is 2.71 bits per heavy atom. The summed E-state index contributed by atoms with van der Waals surface area (Å²) in [5.74, 6) is -1.53. The Morgan fingerprint density at radius 1 is 1.35 bits per heavy atom. The molecule has 94 valence electrons. The van der Waals surface area contributed by atoms with E-state index in [0.717, 1.165) is 31.4 Å². The maximum Gasteiger partial charge on any atom is 0.182 e. The number of hydrogen-bond donors (Lipinski definition) is 1. The lowest BCUT2D eigenvalue weighted by molar-refractivity contribution is 0.505. The molecule has 0 radical (unpaired) electrons. The second-order valence-corrected chi connectivity index (χ2v) is 4.76. The molecule has 1 unspecified atom stereocenters. The van der Waals surface area contributed by atoms with Crippen molar-refractivity contribution in [3.05, 3.63) is 29.3 Å². The number of halogens is 2. The number of nitrogens with zero attached hydrogens (tertiary/aromatic N) is 1. The lowest BCUT2D eigenvalue weighted by Gasteiger charge is -2.20. The number of anilines is 1. The monoisotopic (exact) mass is 240 g/mol. The van der Waals surface area contributed by atoms with E-state index >= 15 is 0 Å². The minimum atomic E-state index is -0.781. The van der Waals surface area contributed by atoms with Crippen LogP contribution in [0.3, 0.4) is 0 Å². The van der Waals surface area contributed by atoms with Gasteiger partial charge in [0.1, 0.15) is 0 Å². The fraction of sp³-hybridized carbons (Fsp3) is 0.538. The summed E-state index contributed by atoms with van der Waals surface area (Å²) in [7, 11) is 3.48. The average Bonchev–Trinajstić information content (AvgIpc) is 2.76. The quantitative estimate of drug-likeness (QED) is 0.872. The van der Waals surface area contributed by atoms with Crippen LogP contribution < -0.4 is 10.2 Å². The first-order valence-corrected chi connectivity index (χ1v) is 5.97. The molecule has 1 aromatic carbocycles. The summed E-state index contributed by atoms with van der Waals surface area (Å²) in [5, 5.41) is 3.37. The van der Waals surface area contributed by atoms with Gasteiger partial charge < -0.3 is 10.2 Å². The number of rotatable bonds is 3. The van der Waals surface area contributed by atoms with E-state index in [2.05, 4.69) is 5.32 Å². The Morgan fingerprint density at radius 2 is 2.12 bits per heavy atom. The summed E-state index contributed by atoms with van der Waals surface area (Å²) in [6.45, 7) is 1.02. The standard InChI is InChI=1S/C13H18F2N2/c1-17(2)13-9(5-6-11(14)12(13)15)8-10-4-3-7-16-10/h5-6,10,16H,3-4,7-8H2,1-2H3. The van der Waals surface area contributed by atoms with E-state index in [1.807, 2.05) is 0 Å². The van der Waals surface area contributed by atoms with E-state index < -0.39 is 11.6 Å². The average molecular weight is 240 g/mol. The predicted molar refractivity (Wildman–Crippen MR) is 65.4 cm³/mol. The summed E-state index contributed by atoms with van der Waals surface area (Å²) in [6, 6.07) is 3.29. The minimum absolute atomic E-state index is 0.374. The van der Waals surface area contributed by atoms with Gasteiger partial charge in [-0.1, -0.05) is 6.07 Å². The van der Waals surface area contributed by atoms with Crippen molar-refractivity contribution >= 4 is 5.69 Å². The van der Waals surface area contributed by atoms with Crippen LogP contribution in [0.1, 0.15) is 18.4 Å². The van der Waals surface area contributed by atoms with Crippen LogP contribution in [0.25, 0.3) is 0 Å². The molecule has 1 aliphatic rings. The van der Waals surface area contributed by atoms with Crippen LogP contribution in [-0.2, 0) is 6.42 Å². The van der Waals surface area contributed by atoms with Crippen LogP contribution in [0.2, 0.25) is 0 Å².